The van der Waals surface area contributed by atoms with Crippen LogP contribution in [0.5, 0.6) is 5.75 Å². The van der Waals surface area contributed by atoms with Crippen molar-refractivity contribution in [2.24, 2.45) is 0 Å². The zero-order chi connectivity index (χ0) is 10.7. The third-order valence-corrected chi connectivity index (χ3v) is 1.97. The molecule has 0 spiro atoms. The number of aliphatic hydroxyl groups excluding tert-OH is 1. The zero-order valence-electron chi connectivity index (χ0n) is 7.30. The van der Waals surface area contributed by atoms with Gasteiger partial charge in [-0.3, -0.25) is 4.98 Å². The molecule has 3 nitrogen and oxygen atoms in total. The molecule has 14 heavy (non-hydrogen) atoms. The Kier molecular flexibility index (Phi) is 3.60. The molecule has 0 amide bonds. The van der Waals surface area contributed by atoms with E-state index < -0.39 is 18.6 Å². The first kappa shape index (κ1) is 11.1. The summed E-state index contributed by atoms with van der Waals surface area (Å²) in [4.78, 5) is 3.67. The molecule has 1 aromatic rings. The van der Waals surface area contributed by atoms with Crippen molar-refractivity contribution in [1.82, 2.24) is 4.98 Å². The number of halogens is 3. The summed E-state index contributed by atoms with van der Waals surface area (Å²) in [5.74, 6) is -0.157. The van der Waals surface area contributed by atoms with E-state index in [1.807, 2.05) is 0 Å². The molecular weight excluding hydrogens is 216 g/mol. The van der Waals surface area contributed by atoms with E-state index in [4.69, 9.17) is 21.4 Å². The maximum atomic E-state index is 12.5. The second kappa shape index (κ2) is 4.52. The third kappa shape index (κ3) is 1.93. The van der Waals surface area contributed by atoms with Gasteiger partial charge in [0.1, 0.15) is 5.69 Å². The van der Waals surface area contributed by atoms with Crippen LogP contribution in [-0.4, -0.2) is 17.2 Å². The van der Waals surface area contributed by atoms with Crippen molar-refractivity contribution in [3.63, 3.8) is 0 Å². The number of ether oxygens (including phenoxy) is 1. The molecule has 1 heterocycles. The van der Waals surface area contributed by atoms with Crippen molar-refractivity contribution in [2.45, 2.75) is 13.0 Å². The maximum Gasteiger partial charge on any atom is 0.268 e. The van der Waals surface area contributed by atoms with Gasteiger partial charge in [-0.25, -0.2) is 8.78 Å². The fraction of sp³-hybridized carbons (Fsp3) is 0.375. The molecule has 0 radical (unpaired) electrons. The minimum Gasteiger partial charge on any atom is -0.494 e. The van der Waals surface area contributed by atoms with Crippen LogP contribution in [0.25, 0.3) is 0 Å². The lowest BCUT2D eigenvalue weighted by Crippen LogP contribution is -2.01. The molecule has 0 bridgehead atoms. The van der Waals surface area contributed by atoms with E-state index >= 15 is 0 Å². The Bertz CT molecular complexity index is 333. The van der Waals surface area contributed by atoms with Gasteiger partial charge in [0.15, 0.2) is 5.75 Å². The lowest BCUT2D eigenvalue weighted by atomic mass is 10.2. The van der Waals surface area contributed by atoms with Gasteiger partial charge in [0, 0.05) is 6.20 Å². The van der Waals surface area contributed by atoms with Gasteiger partial charge in [0.25, 0.3) is 6.43 Å². The fourth-order valence-corrected chi connectivity index (χ4v) is 1.29. The van der Waals surface area contributed by atoms with Gasteiger partial charge in [-0.05, 0) is 0 Å². The smallest absolute Gasteiger partial charge is 0.268 e. The van der Waals surface area contributed by atoms with Crippen molar-refractivity contribution in [2.75, 3.05) is 7.11 Å². The normalized spacial score (nSPS) is 10.7. The summed E-state index contributed by atoms with van der Waals surface area (Å²) >= 11 is 5.53. The summed E-state index contributed by atoms with van der Waals surface area (Å²) in [5.41, 5.74) is -0.389. The second-order valence-corrected chi connectivity index (χ2v) is 2.87. The standard InChI is InChI=1S/C8H8ClF2NO2/c1-14-7-5(3-13)12-2-4(9)6(7)8(10)11/h2,8,13H,3H2,1H3. The van der Waals surface area contributed by atoms with Crippen molar-refractivity contribution in [1.29, 1.82) is 0 Å². The third-order valence-electron chi connectivity index (χ3n) is 1.67. The molecule has 1 rings (SSSR count). The molecule has 0 fully saturated rings. The van der Waals surface area contributed by atoms with Crippen molar-refractivity contribution in [3.8, 4) is 5.75 Å². The number of rotatable bonds is 3. The van der Waals surface area contributed by atoms with E-state index in [1.165, 1.54) is 7.11 Å². The monoisotopic (exact) mass is 223 g/mol. The first-order chi connectivity index (χ1) is 6.61. The molecule has 0 saturated carbocycles. The van der Waals surface area contributed by atoms with Crippen LogP contribution >= 0.6 is 11.6 Å². The van der Waals surface area contributed by atoms with Crippen LogP contribution in [0, 0.1) is 0 Å². The summed E-state index contributed by atoms with van der Waals surface area (Å²) in [7, 11) is 1.22. The summed E-state index contributed by atoms with van der Waals surface area (Å²) < 4.78 is 29.8. The largest absolute Gasteiger partial charge is 0.494 e. The molecule has 0 unspecified atom stereocenters. The van der Waals surface area contributed by atoms with Crippen LogP contribution in [-0.2, 0) is 6.61 Å². The molecule has 0 aliphatic carbocycles. The van der Waals surface area contributed by atoms with Gasteiger partial charge in [-0.1, -0.05) is 11.6 Å². The molecule has 0 aromatic carbocycles. The van der Waals surface area contributed by atoms with Gasteiger partial charge in [-0.15, -0.1) is 0 Å². The van der Waals surface area contributed by atoms with E-state index in [9.17, 15) is 8.78 Å². The average molecular weight is 224 g/mol. The number of hydrogen-bond acceptors (Lipinski definition) is 3. The second-order valence-electron chi connectivity index (χ2n) is 2.46. The Morgan fingerprint density at radius 1 is 1.64 bits per heavy atom. The zero-order valence-corrected chi connectivity index (χ0v) is 8.05. The number of pyridine rings is 1. The molecule has 0 aliphatic rings. The Morgan fingerprint density at radius 3 is 2.71 bits per heavy atom. The molecule has 0 aliphatic heterocycles. The summed E-state index contributed by atoms with van der Waals surface area (Å²) in [6.07, 6.45) is -1.69. The minimum absolute atomic E-state index is 0.0483. The Hall–Kier alpha value is -0.940. The van der Waals surface area contributed by atoms with Crippen LogP contribution in [0.1, 0.15) is 17.7 Å². The highest BCUT2D eigenvalue weighted by Crippen LogP contribution is 2.36. The quantitative estimate of drug-likeness (QED) is 0.854. The summed E-state index contributed by atoms with van der Waals surface area (Å²) in [6, 6.07) is 0. The van der Waals surface area contributed by atoms with Gasteiger partial charge < -0.3 is 9.84 Å². The van der Waals surface area contributed by atoms with Crippen LogP contribution < -0.4 is 4.74 Å². The topological polar surface area (TPSA) is 42.4 Å². The predicted molar refractivity (Wildman–Crippen MR) is 46.7 cm³/mol. The molecular formula is C8H8ClF2NO2. The van der Waals surface area contributed by atoms with Gasteiger partial charge in [0.05, 0.1) is 24.3 Å². The Morgan fingerprint density at radius 2 is 2.29 bits per heavy atom. The molecule has 0 atom stereocenters. The summed E-state index contributed by atoms with van der Waals surface area (Å²) in [6.45, 7) is -0.472. The number of aromatic nitrogens is 1. The van der Waals surface area contributed by atoms with E-state index in [2.05, 4.69) is 4.98 Å². The minimum atomic E-state index is -2.76. The number of nitrogens with zero attached hydrogens (tertiary/aromatic N) is 1. The highest BCUT2D eigenvalue weighted by molar-refractivity contribution is 6.31. The highest BCUT2D eigenvalue weighted by Gasteiger charge is 2.21. The fourth-order valence-electron chi connectivity index (χ4n) is 1.07. The highest BCUT2D eigenvalue weighted by atomic mass is 35.5. The van der Waals surface area contributed by atoms with Gasteiger partial charge in [0.2, 0.25) is 0 Å². The lowest BCUT2D eigenvalue weighted by Gasteiger charge is -2.11. The first-order valence-corrected chi connectivity index (χ1v) is 4.09. The number of hydrogen-bond donors (Lipinski definition) is 1. The van der Waals surface area contributed by atoms with Crippen molar-refractivity contribution >= 4 is 11.6 Å². The van der Waals surface area contributed by atoms with Crippen molar-refractivity contribution < 1.29 is 18.6 Å². The maximum absolute atomic E-state index is 12.5. The van der Waals surface area contributed by atoms with Crippen molar-refractivity contribution in [3.05, 3.63) is 22.5 Å². The predicted octanol–water partition coefficient (Wildman–Crippen LogP) is 2.17. The molecule has 0 saturated heterocycles. The average Bonchev–Trinajstić information content (AvgIpc) is 2.16. The van der Waals surface area contributed by atoms with E-state index in [0.717, 1.165) is 6.20 Å². The number of methoxy groups -OCH3 is 1. The Balaban J connectivity index is 3.35. The summed E-state index contributed by atoms with van der Waals surface area (Å²) in [5, 5.41) is 8.64. The van der Waals surface area contributed by atoms with Crippen LogP contribution in [0.2, 0.25) is 5.02 Å². The van der Waals surface area contributed by atoms with E-state index in [1.54, 1.807) is 0 Å². The van der Waals surface area contributed by atoms with Crippen LogP contribution in [0.3, 0.4) is 0 Å². The lowest BCUT2D eigenvalue weighted by molar-refractivity contribution is 0.146. The number of aliphatic hydroxyl groups is 1. The van der Waals surface area contributed by atoms with Crippen LogP contribution in [0.4, 0.5) is 8.78 Å². The van der Waals surface area contributed by atoms with E-state index in [0.29, 0.717) is 0 Å². The molecule has 1 N–H and O–H groups in total. The Labute approximate surface area is 84.3 Å². The molecule has 6 heteroatoms. The van der Waals surface area contributed by atoms with Crippen LogP contribution in [0.15, 0.2) is 6.20 Å². The van der Waals surface area contributed by atoms with Gasteiger partial charge in [-0.2, -0.15) is 0 Å². The van der Waals surface area contributed by atoms with E-state index in [-0.39, 0.29) is 16.5 Å². The first-order valence-electron chi connectivity index (χ1n) is 3.72. The molecule has 78 valence electrons. The van der Waals surface area contributed by atoms with Gasteiger partial charge >= 0.3 is 0 Å². The SMILES string of the molecule is COc1c(CO)ncc(Cl)c1C(F)F. The number of alkyl halides is 2. The molecule has 1 aromatic heterocycles.